The van der Waals surface area contributed by atoms with Crippen LogP contribution in [0.2, 0.25) is 0 Å². The molecule has 88 valence electrons. The third-order valence-corrected chi connectivity index (χ3v) is 5.85. The lowest BCUT2D eigenvalue weighted by molar-refractivity contribution is -0.113. The first-order chi connectivity index (χ1) is 7.36. The summed E-state index contributed by atoms with van der Waals surface area (Å²) in [5, 5.41) is 6.74. The van der Waals surface area contributed by atoms with Crippen LogP contribution in [-0.2, 0) is 4.79 Å². The van der Waals surface area contributed by atoms with Gasteiger partial charge in [-0.15, -0.1) is 10.2 Å². The van der Waals surface area contributed by atoms with Gasteiger partial charge in [-0.2, -0.15) is 0 Å². The van der Waals surface area contributed by atoms with Crippen molar-refractivity contribution < 1.29 is 4.79 Å². The van der Waals surface area contributed by atoms with Crippen molar-refractivity contribution in [1.82, 2.24) is 0 Å². The maximum atomic E-state index is 11.8. The molecule has 0 aromatic heterocycles. The summed E-state index contributed by atoms with van der Waals surface area (Å²) < 4.78 is 0. The summed E-state index contributed by atoms with van der Waals surface area (Å²) in [5.74, 6) is -0.164. The Morgan fingerprint density at radius 3 is 2.44 bits per heavy atom. The average Bonchev–Trinajstić information content (AvgIpc) is 2.20. The standard InChI is InChI=1S/C9H15N5OS/c10-4-2-8-7(15)1-5(11)9(13)16(8,14)3-6(4)12/h1-3,8-9H,10-14H2. The van der Waals surface area contributed by atoms with E-state index in [1.807, 2.05) is 0 Å². The second kappa shape index (κ2) is 3.27. The lowest BCUT2D eigenvalue weighted by atomic mass is 10.1. The molecule has 2 heterocycles. The number of hydrogen-bond acceptors (Lipinski definition) is 6. The molecular formula is C9H15N5OS. The fourth-order valence-electron chi connectivity index (χ4n) is 1.82. The van der Waals surface area contributed by atoms with E-state index in [1.54, 1.807) is 11.5 Å². The lowest BCUT2D eigenvalue weighted by Crippen LogP contribution is -2.49. The third-order valence-electron chi connectivity index (χ3n) is 2.79. The van der Waals surface area contributed by atoms with Crippen molar-refractivity contribution in [1.29, 1.82) is 0 Å². The molecule has 2 aliphatic rings. The molecule has 0 spiro atoms. The zero-order valence-electron chi connectivity index (χ0n) is 8.59. The summed E-state index contributed by atoms with van der Waals surface area (Å²) in [6, 6.07) is 0. The Hall–Kier alpha value is -1.44. The first kappa shape index (κ1) is 11.1. The van der Waals surface area contributed by atoms with Crippen molar-refractivity contribution in [3.05, 3.63) is 34.7 Å². The predicted molar refractivity (Wildman–Crippen MR) is 65.4 cm³/mol. The van der Waals surface area contributed by atoms with Crippen molar-refractivity contribution in [3.63, 3.8) is 0 Å². The first-order valence-electron chi connectivity index (χ1n) is 4.66. The summed E-state index contributed by atoms with van der Waals surface area (Å²) in [6.07, 6.45) is 2.91. The Kier molecular flexibility index (Phi) is 2.26. The van der Waals surface area contributed by atoms with Crippen molar-refractivity contribution >= 4 is 16.0 Å². The number of fused-ring (bicyclic) bond motifs is 1. The van der Waals surface area contributed by atoms with E-state index in [4.69, 9.17) is 28.1 Å². The Balaban J connectivity index is 2.57. The molecule has 0 fully saturated rings. The quantitative estimate of drug-likeness (QED) is 0.345. The topological polar surface area (TPSA) is 147 Å². The van der Waals surface area contributed by atoms with Gasteiger partial charge in [0, 0.05) is 11.8 Å². The number of carbonyl (C=O) groups excluding carboxylic acids is 1. The summed E-state index contributed by atoms with van der Waals surface area (Å²) in [4.78, 5) is 11.8. The minimum Gasteiger partial charge on any atom is -0.400 e. The van der Waals surface area contributed by atoms with Gasteiger partial charge in [-0.1, -0.05) is 0 Å². The van der Waals surface area contributed by atoms with Gasteiger partial charge in [-0.05, 0) is 11.5 Å². The van der Waals surface area contributed by atoms with Gasteiger partial charge >= 0.3 is 0 Å². The van der Waals surface area contributed by atoms with Crippen molar-refractivity contribution in [3.8, 4) is 0 Å². The van der Waals surface area contributed by atoms with E-state index in [9.17, 15) is 4.79 Å². The molecule has 10 N–H and O–H groups in total. The predicted octanol–water partition coefficient (Wildman–Crippen LogP) is -1.60. The summed E-state index contributed by atoms with van der Waals surface area (Å²) in [5.41, 5.74) is 24.0. The molecular weight excluding hydrogens is 226 g/mol. The molecule has 3 unspecified atom stereocenters. The molecule has 0 saturated heterocycles. The van der Waals surface area contributed by atoms with Crippen LogP contribution in [0.5, 0.6) is 0 Å². The Labute approximate surface area is 94.6 Å². The van der Waals surface area contributed by atoms with E-state index in [0.29, 0.717) is 17.1 Å². The van der Waals surface area contributed by atoms with Crippen LogP contribution in [0, 0.1) is 0 Å². The van der Waals surface area contributed by atoms with Gasteiger partial charge in [0.25, 0.3) is 0 Å². The van der Waals surface area contributed by atoms with Crippen molar-refractivity contribution in [2.45, 2.75) is 10.6 Å². The first-order valence-corrected chi connectivity index (χ1v) is 6.55. The Bertz CT molecular complexity index is 455. The van der Waals surface area contributed by atoms with Gasteiger partial charge in [0.15, 0.2) is 5.78 Å². The lowest BCUT2D eigenvalue weighted by Gasteiger charge is -2.47. The molecule has 2 aliphatic heterocycles. The Morgan fingerprint density at radius 1 is 1.19 bits per heavy atom. The fourth-order valence-corrected chi connectivity index (χ4v) is 4.39. The van der Waals surface area contributed by atoms with Crippen LogP contribution in [0.4, 0.5) is 0 Å². The van der Waals surface area contributed by atoms with Gasteiger partial charge in [0.05, 0.1) is 22.0 Å². The van der Waals surface area contributed by atoms with Crippen LogP contribution in [-0.4, -0.2) is 16.4 Å². The van der Waals surface area contributed by atoms with Gasteiger partial charge in [-0.3, -0.25) is 9.93 Å². The van der Waals surface area contributed by atoms with E-state index in [2.05, 4.69) is 0 Å². The highest BCUT2D eigenvalue weighted by molar-refractivity contribution is 8.36. The summed E-state index contributed by atoms with van der Waals surface area (Å²) in [7, 11) is -2.05. The van der Waals surface area contributed by atoms with Crippen LogP contribution in [0.15, 0.2) is 34.7 Å². The van der Waals surface area contributed by atoms with E-state index in [-0.39, 0.29) is 5.78 Å². The average molecular weight is 241 g/mol. The fraction of sp³-hybridized carbons (Fsp3) is 0.222. The van der Waals surface area contributed by atoms with Gasteiger partial charge < -0.3 is 22.9 Å². The van der Waals surface area contributed by atoms with E-state index < -0.39 is 20.8 Å². The number of carbonyl (C=O) groups is 1. The monoisotopic (exact) mass is 241 g/mol. The molecule has 3 atom stereocenters. The molecule has 0 saturated carbocycles. The van der Waals surface area contributed by atoms with E-state index in [0.717, 1.165) is 0 Å². The maximum Gasteiger partial charge on any atom is 0.174 e. The van der Waals surface area contributed by atoms with Crippen molar-refractivity contribution in [2.75, 3.05) is 0 Å². The number of allylic oxidation sites excluding steroid dienone is 1. The highest BCUT2D eigenvalue weighted by Gasteiger charge is 2.43. The second-order valence-electron chi connectivity index (χ2n) is 3.90. The summed E-state index contributed by atoms with van der Waals surface area (Å²) in [6.45, 7) is 0. The van der Waals surface area contributed by atoms with Crippen LogP contribution >= 0.6 is 10.2 Å². The normalized spacial score (nSPS) is 42.4. The van der Waals surface area contributed by atoms with Gasteiger partial charge in [0.1, 0.15) is 0 Å². The third kappa shape index (κ3) is 1.33. The van der Waals surface area contributed by atoms with Crippen LogP contribution in [0.3, 0.4) is 0 Å². The second-order valence-corrected chi connectivity index (χ2v) is 6.78. The smallest absolute Gasteiger partial charge is 0.174 e. The largest absolute Gasteiger partial charge is 0.400 e. The van der Waals surface area contributed by atoms with E-state index in [1.165, 1.54) is 6.08 Å². The Morgan fingerprint density at radius 2 is 1.81 bits per heavy atom. The van der Waals surface area contributed by atoms with E-state index >= 15 is 0 Å². The maximum absolute atomic E-state index is 11.8. The van der Waals surface area contributed by atoms with Gasteiger partial charge in [-0.25, -0.2) is 0 Å². The molecule has 0 aromatic rings. The molecule has 2 rings (SSSR count). The summed E-state index contributed by atoms with van der Waals surface area (Å²) >= 11 is 0. The molecule has 6 nitrogen and oxygen atoms in total. The molecule has 0 bridgehead atoms. The number of hydrogen-bond donors (Lipinski definition) is 5. The van der Waals surface area contributed by atoms with Crippen LogP contribution in [0.1, 0.15) is 0 Å². The highest BCUT2D eigenvalue weighted by atomic mass is 32.3. The zero-order valence-corrected chi connectivity index (χ0v) is 9.41. The molecule has 0 radical (unpaired) electrons. The molecule has 7 heteroatoms. The molecule has 16 heavy (non-hydrogen) atoms. The minimum absolute atomic E-state index is 0.164. The van der Waals surface area contributed by atoms with Crippen LogP contribution in [0.25, 0.3) is 0 Å². The number of rotatable bonds is 0. The van der Waals surface area contributed by atoms with Gasteiger partial charge in [0.2, 0.25) is 0 Å². The number of ketones is 1. The molecule has 0 aliphatic carbocycles. The molecule has 0 aromatic carbocycles. The molecule has 0 amide bonds. The zero-order chi connectivity index (χ0) is 12.1. The number of nitrogens with two attached hydrogens (primary N) is 5. The van der Waals surface area contributed by atoms with Crippen molar-refractivity contribution in [2.24, 2.45) is 28.1 Å². The highest BCUT2D eigenvalue weighted by Crippen LogP contribution is 2.56. The SMILES string of the molecule is NC1=CC2C(=O)C=C(N)C(N)S2(N)C=C1N. The minimum atomic E-state index is -2.05. The van der Waals surface area contributed by atoms with Crippen LogP contribution < -0.4 is 28.1 Å².